The van der Waals surface area contributed by atoms with E-state index >= 15 is 0 Å². The first kappa shape index (κ1) is 24.5. The SMILES string of the molecule is O=C(NCC1CC1)c1c(NC(=O)C2CC2)sc2c1C[C@@H](n1cnnc1N[C@H]1CCN(c3ncccn3)C1)CC2. The predicted molar refractivity (Wildman–Crippen MR) is 148 cm³/mol. The molecule has 0 unspecified atom stereocenters. The van der Waals surface area contributed by atoms with Gasteiger partial charge in [-0.2, -0.15) is 0 Å². The zero-order valence-corrected chi connectivity index (χ0v) is 22.6. The summed E-state index contributed by atoms with van der Waals surface area (Å²) in [6.07, 6.45) is 13.0. The van der Waals surface area contributed by atoms with E-state index in [2.05, 4.69) is 45.6 Å². The van der Waals surface area contributed by atoms with Gasteiger partial charge < -0.3 is 20.9 Å². The van der Waals surface area contributed by atoms with Crippen LogP contribution in [-0.2, 0) is 17.6 Å². The van der Waals surface area contributed by atoms with Crippen LogP contribution in [0.1, 0.15) is 65.4 Å². The minimum atomic E-state index is -0.0672. The fraction of sp³-hybridized carbons (Fsp3) is 0.556. The molecule has 4 heterocycles. The van der Waals surface area contributed by atoms with E-state index in [1.807, 2.05) is 6.07 Å². The topological polar surface area (TPSA) is 130 Å². The average Bonchev–Trinajstić information content (AvgIpc) is 3.85. The smallest absolute Gasteiger partial charge is 0.254 e. The van der Waals surface area contributed by atoms with E-state index in [1.54, 1.807) is 30.1 Å². The van der Waals surface area contributed by atoms with E-state index in [4.69, 9.17) is 0 Å². The minimum Gasteiger partial charge on any atom is -0.352 e. The van der Waals surface area contributed by atoms with Gasteiger partial charge in [-0.25, -0.2) is 9.97 Å². The molecule has 11 nitrogen and oxygen atoms in total. The Balaban J connectivity index is 1.08. The molecule has 4 aliphatic rings. The standard InChI is InChI=1S/C27H33N9O2S/c37-23(17-4-5-17)33-25-22(24(38)30-13-16-2-3-16)20-12-19(6-7-21(20)39-25)36-15-31-34-27(36)32-18-8-11-35(14-18)26-28-9-1-10-29-26/h1,9-10,15-19H,2-8,11-14H2,(H,30,38)(H,32,34)(H,33,37)/t18-,19-/m0/s1. The van der Waals surface area contributed by atoms with Gasteiger partial charge in [0, 0.05) is 54.9 Å². The van der Waals surface area contributed by atoms with Crippen molar-refractivity contribution < 1.29 is 9.59 Å². The molecule has 3 aliphatic carbocycles. The molecular weight excluding hydrogens is 514 g/mol. The predicted octanol–water partition coefficient (Wildman–Crippen LogP) is 3.04. The first-order chi connectivity index (χ1) is 19.1. The van der Waals surface area contributed by atoms with Crippen LogP contribution < -0.4 is 20.9 Å². The van der Waals surface area contributed by atoms with Crippen molar-refractivity contribution in [2.75, 3.05) is 35.2 Å². The summed E-state index contributed by atoms with van der Waals surface area (Å²) in [6.45, 7) is 2.38. The Morgan fingerprint density at radius 1 is 1.08 bits per heavy atom. The van der Waals surface area contributed by atoms with Crippen molar-refractivity contribution in [1.82, 2.24) is 30.0 Å². The molecular formula is C27H33N9O2S. The lowest BCUT2D eigenvalue weighted by Crippen LogP contribution is -2.30. The van der Waals surface area contributed by atoms with Gasteiger partial charge in [-0.15, -0.1) is 21.5 Å². The first-order valence-corrected chi connectivity index (χ1v) is 14.9. The number of thiophene rings is 1. The molecule has 0 spiro atoms. The van der Waals surface area contributed by atoms with Crippen LogP contribution in [-0.4, -0.2) is 62.2 Å². The Hall–Kier alpha value is -3.54. The number of amides is 2. The summed E-state index contributed by atoms with van der Waals surface area (Å²) in [5, 5.41) is 19.2. The summed E-state index contributed by atoms with van der Waals surface area (Å²) >= 11 is 1.58. The molecule has 1 aliphatic heterocycles. The molecule has 204 valence electrons. The molecule has 0 bridgehead atoms. The Morgan fingerprint density at radius 3 is 2.72 bits per heavy atom. The Bertz CT molecular complexity index is 1360. The molecule has 3 aromatic rings. The lowest BCUT2D eigenvalue weighted by atomic mass is 9.91. The summed E-state index contributed by atoms with van der Waals surface area (Å²) in [7, 11) is 0. The normalized spacial score (nSPS) is 22.4. The lowest BCUT2D eigenvalue weighted by molar-refractivity contribution is -0.117. The third kappa shape index (κ3) is 5.21. The molecule has 2 saturated carbocycles. The summed E-state index contributed by atoms with van der Waals surface area (Å²) in [5.41, 5.74) is 1.72. The van der Waals surface area contributed by atoms with Crippen LogP contribution in [0.5, 0.6) is 0 Å². The van der Waals surface area contributed by atoms with Crippen molar-refractivity contribution >= 4 is 40.0 Å². The van der Waals surface area contributed by atoms with Gasteiger partial charge in [-0.3, -0.25) is 14.2 Å². The van der Waals surface area contributed by atoms with E-state index in [0.717, 1.165) is 62.7 Å². The number of carbonyl (C=O) groups is 2. The maximum atomic E-state index is 13.4. The Kier molecular flexibility index (Phi) is 6.42. The van der Waals surface area contributed by atoms with Crippen LogP contribution >= 0.6 is 11.3 Å². The van der Waals surface area contributed by atoms with E-state index in [1.165, 1.54) is 17.7 Å². The van der Waals surface area contributed by atoms with Gasteiger partial charge in [-0.1, -0.05) is 0 Å². The Morgan fingerprint density at radius 2 is 1.92 bits per heavy atom. The fourth-order valence-electron chi connectivity index (χ4n) is 5.65. The third-order valence-electron chi connectivity index (χ3n) is 8.22. The molecule has 1 saturated heterocycles. The van der Waals surface area contributed by atoms with E-state index < -0.39 is 0 Å². The minimum absolute atomic E-state index is 0.0400. The average molecular weight is 548 g/mol. The van der Waals surface area contributed by atoms with Crippen LogP contribution in [0.2, 0.25) is 0 Å². The van der Waals surface area contributed by atoms with E-state index in [-0.39, 0.29) is 29.8 Å². The number of nitrogens with one attached hydrogen (secondary N) is 3. The van der Waals surface area contributed by atoms with Crippen molar-refractivity contribution in [2.45, 2.75) is 63.5 Å². The number of hydrogen-bond donors (Lipinski definition) is 3. The largest absolute Gasteiger partial charge is 0.352 e. The van der Waals surface area contributed by atoms with Crippen molar-refractivity contribution in [3.05, 3.63) is 40.8 Å². The number of nitrogens with zero attached hydrogens (tertiary/aromatic N) is 6. The van der Waals surface area contributed by atoms with Crippen molar-refractivity contribution in [1.29, 1.82) is 0 Å². The highest BCUT2D eigenvalue weighted by atomic mass is 32.1. The third-order valence-corrected chi connectivity index (χ3v) is 9.43. The number of aromatic nitrogens is 5. The van der Waals surface area contributed by atoms with Crippen LogP contribution in [0.3, 0.4) is 0 Å². The molecule has 2 amide bonds. The van der Waals surface area contributed by atoms with Gasteiger partial charge in [-0.05, 0) is 68.9 Å². The van der Waals surface area contributed by atoms with Crippen molar-refractivity contribution in [3.8, 4) is 0 Å². The van der Waals surface area contributed by atoms with E-state index in [9.17, 15) is 9.59 Å². The highest BCUT2D eigenvalue weighted by Crippen LogP contribution is 2.43. The number of fused-ring (bicyclic) bond motifs is 1. The van der Waals surface area contributed by atoms with Crippen molar-refractivity contribution in [3.63, 3.8) is 0 Å². The number of aryl methyl sites for hydroxylation is 1. The van der Waals surface area contributed by atoms with E-state index in [0.29, 0.717) is 29.4 Å². The van der Waals surface area contributed by atoms with Crippen molar-refractivity contribution in [2.24, 2.45) is 11.8 Å². The fourth-order valence-corrected chi connectivity index (χ4v) is 6.89. The van der Waals surface area contributed by atoms with Gasteiger partial charge in [0.2, 0.25) is 17.8 Å². The van der Waals surface area contributed by atoms with Gasteiger partial charge >= 0.3 is 0 Å². The zero-order chi connectivity index (χ0) is 26.3. The first-order valence-electron chi connectivity index (χ1n) is 14.0. The molecule has 39 heavy (non-hydrogen) atoms. The lowest BCUT2D eigenvalue weighted by Gasteiger charge is -2.26. The molecule has 7 rings (SSSR count). The van der Waals surface area contributed by atoms with Gasteiger partial charge in [0.05, 0.1) is 5.56 Å². The molecule has 3 fully saturated rings. The van der Waals surface area contributed by atoms with Crippen LogP contribution in [0.25, 0.3) is 0 Å². The molecule has 0 radical (unpaired) electrons. The monoisotopic (exact) mass is 547 g/mol. The number of rotatable bonds is 9. The number of carbonyl (C=O) groups excluding carboxylic acids is 2. The summed E-state index contributed by atoms with van der Waals surface area (Å²) in [4.78, 5) is 38.2. The highest BCUT2D eigenvalue weighted by Gasteiger charge is 2.35. The second-order valence-electron chi connectivity index (χ2n) is 11.2. The maximum Gasteiger partial charge on any atom is 0.254 e. The summed E-state index contributed by atoms with van der Waals surface area (Å²) in [6, 6.07) is 2.17. The molecule has 3 aromatic heterocycles. The highest BCUT2D eigenvalue weighted by molar-refractivity contribution is 7.17. The molecule has 0 aromatic carbocycles. The maximum absolute atomic E-state index is 13.4. The molecule has 12 heteroatoms. The van der Waals surface area contributed by atoms with Crippen LogP contribution in [0.15, 0.2) is 24.8 Å². The number of anilines is 3. The summed E-state index contributed by atoms with van der Waals surface area (Å²) in [5.74, 6) is 2.15. The second-order valence-corrected chi connectivity index (χ2v) is 12.3. The Labute approximate surface area is 230 Å². The van der Waals surface area contributed by atoms with Gasteiger partial charge in [0.1, 0.15) is 11.3 Å². The molecule has 3 N–H and O–H groups in total. The van der Waals surface area contributed by atoms with Crippen LogP contribution in [0.4, 0.5) is 16.9 Å². The van der Waals surface area contributed by atoms with Gasteiger partial charge in [0.25, 0.3) is 5.91 Å². The summed E-state index contributed by atoms with van der Waals surface area (Å²) < 4.78 is 2.12. The van der Waals surface area contributed by atoms with Crippen LogP contribution in [0, 0.1) is 11.8 Å². The zero-order valence-electron chi connectivity index (χ0n) is 21.8. The molecule has 2 atom stereocenters. The second kappa shape index (κ2) is 10.2. The quantitative estimate of drug-likeness (QED) is 0.373. The number of hydrogen-bond acceptors (Lipinski definition) is 9. The van der Waals surface area contributed by atoms with Gasteiger partial charge in [0.15, 0.2) is 0 Å².